The Hall–Kier alpha value is -0.780. The number of likely N-dealkylation sites (tertiary alicyclic amines) is 1. The summed E-state index contributed by atoms with van der Waals surface area (Å²) < 4.78 is 35.8. The molecular weight excluding hydrogens is 257 g/mol. The largest absolute Gasteiger partial charge is 0.401 e. The molecule has 19 heavy (non-hydrogen) atoms. The Kier molecular flexibility index (Phi) is 5.24. The molecule has 0 unspecified atom stereocenters. The van der Waals surface area contributed by atoms with Crippen LogP contribution in [0.1, 0.15) is 33.6 Å². The summed E-state index contributed by atoms with van der Waals surface area (Å²) in [5, 5.41) is 2.15. The number of hydrogen-bond donors (Lipinski definition) is 1. The minimum absolute atomic E-state index is 0.226. The van der Waals surface area contributed by atoms with Crippen LogP contribution in [-0.4, -0.2) is 43.2 Å². The fraction of sp³-hybridized carbons (Fsp3) is 0.923. The first-order valence-electron chi connectivity index (χ1n) is 6.65. The van der Waals surface area contributed by atoms with Crippen molar-refractivity contribution < 1.29 is 18.0 Å². The van der Waals surface area contributed by atoms with Crippen molar-refractivity contribution in [2.45, 2.75) is 39.8 Å². The van der Waals surface area contributed by atoms with Crippen molar-refractivity contribution in [3.8, 4) is 0 Å². The second kappa shape index (κ2) is 6.11. The van der Waals surface area contributed by atoms with Gasteiger partial charge in [-0.1, -0.05) is 20.8 Å². The van der Waals surface area contributed by atoms with Crippen molar-refractivity contribution >= 4 is 5.91 Å². The van der Waals surface area contributed by atoms with Gasteiger partial charge in [-0.05, 0) is 24.2 Å². The molecular formula is C13H23F3N2O. The summed E-state index contributed by atoms with van der Waals surface area (Å²) in [4.78, 5) is 13.4. The number of amides is 1. The molecule has 0 atom stereocenters. The molecule has 0 bridgehead atoms. The number of carbonyl (C=O) groups excluding carboxylic acids is 1. The van der Waals surface area contributed by atoms with Crippen LogP contribution >= 0.6 is 0 Å². The third kappa shape index (κ3) is 5.80. The number of rotatable bonds is 3. The Morgan fingerprint density at radius 1 is 1.21 bits per heavy atom. The standard InChI is InChI=1S/C13H23F3N2O/c1-12(2,3)10-4-6-18(7-5-10)11(19)8-17-9-13(14,15)16/h10,17H,4-9H2,1-3H3. The second-order valence-corrected chi connectivity index (χ2v) is 6.24. The summed E-state index contributed by atoms with van der Waals surface area (Å²) in [6.07, 6.45) is -2.41. The molecule has 0 saturated carbocycles. The zero-order chi connectivity index (χ0) is 14.7. The van der Waals surface area contributed by atoms with E-state index < -0.39 is 12.7 Å². The molecule has 6 heteroatoms. The first-order valence-corrected chi connectivity index (χ1v) is 6.65. The molecule has 1 rings (SSSR count). The molecule has 0 spiro atoms. The maximum absolute atomic E-state index is 11.9. The molecule has 0 aliphatic carbocycles. The van der Waals surface area contributed by atoms with E-state index in [1.165, 1.54) is 0 Å². The van der Waals surface area contributed by atoms with Crippen molar-refractivity contribution in [3.63, 3.8) is 0 Å². The van der Waals surface area contributed by atoms with Crippen LogP contribution in [0, 0.1) is 11.3 Å². The zero-order valence-corrected chi connectivity index (χ0v) is 11.8. The third-order valence-corrected chi connectivity index (χ3v) is 3.67. The lowest BCUT2D eigenvalue weighted by Crippen LogP contribution is -2.45. The Balaban J connectivity index is 2.29. The van der Waals surface area contributed by atoms with E-state index in [1.807, 2.05) is 0 Å². The van der Waals surface area contributed by atoms with Crippen LogP contribution in [0.5, 0.6) is 0 Å². The van der Waals surface area contributed by atoms with E-state index in [2.05, 4.69) is 26.1 Å². The molecule has 1 amide bonds. The highest BCUT2D eigenvalue weighted by molar-refractivity contribution is 5.78. The monoisotopic (exact) mass is 280 g/mol. The van der Waals surface area contributed by atoms with Gasteiger partial charge >= 0.3 is 6.18 Å². The minimum Gasteiger partial charge on any atom is -0.342 e. The number of nitrogens with one attached hydrogen (secondary N) is 1. The predicted octanol–water partition coefficient (Wildman–Crippen LogP) is 2.42. The maximum Gasteiger partial charge on any atom is 0.401 e. The SMILES string of the molecule is CC(C)(C)C1CCN(C(=O)CNCC(F)(F)F)CC1. The molecule has 0 aromatic carbocycles. The summed E-state index contributed by atoms with van der Waals surface area (Å²) in [6, 6.07) is 0. The van der Waals surface area contributed by atoms with Crippen molar-refractivity contribution in [3.05, 3.63) is 0 Å². The number of nitrogens with zero attached hydrogens (tertiary/aromatic N) is 1. The maximum atomic E-state index is 11.9. The van der Waals surface area contributed by atoms with Crippen LogP contribution < -0.4 is 5.32 Å². The van der Waals surface area contributed by atoms with E-state index in [9.17, 15) is 18.0 Å². The predicted molar refractivity (Wildman–Crippen MR) is 67.7 cm³/mol. The highest BCUT2D eigenvalue weighted by atomic mass is 19.4. The summed E-state index contributed by atoms with van der Waals surface area (Å²) in [7, 11) is 0. The first-order chi connectivity index (χ1) is 8.59. The second-order valence-electron chi connectivity index (χ2n) is 6.24. The van der Waals surface area contributed by atoms with E-state index in [1.54, 1.807) is 4.90 Å². The molecule has 1 N–H and O–H groups in total. The van der Waals surface area contributed by atoms with Crippen LogP contribution in [0.2, 0.25) is 0 Å². The minimum atomic E-state index is -4.26. The molecule has 112 valence electrons. The fourth-order valence-electron chi connectivity index (χ4n) is 2.42. The van der Waals surface area contributed by atoms with Gasteiger partial charge in [0, 0.05) is 13.1 Å². The van der Waals surface area contributed by atoms with Gasteiger partial charge in [0.25, 0.3) is 0 Å². The van der Waals surface area contributed by atoms with Crippen LogP contribution in [0.4, 0.5) is 13.2 Å². The van der Waals surface area contributed by atoms with Gasteiger partial charge in [-0.15, -0.1) is 0 Å². The molecule has 0 aromatic rings. The van der Waals surface area contributed by atoms with Gasteiger partial charge in [-0.25, -0.2) is 0 Å². The molecule has 3 nitrogen and oxygen atoms in total. The third-order valence-electron chi connectivity index (χ3n) is 3.67. The van der Waals surface area contributed by atoms with Gasteiger partial charge in [-0.3, -0.25) is 4.79 Å². The van der Waals surface area contributed by atoms with Gasteiger partial charge in [0.2, 0.25) is 5.91 Å². The van der Waals surface area contributed by atoms with Gasteiger partial charge in [0.05, 0.1) is 13.1 Å². The number of hydrogen-bond acceptors (Lipinski definition) is 2. The van der Waals surface area contributed by atoms with Crippen molar-refractivity contribution in [2.24, 2.45) is 11.3 Å². The zero-order valence-electron chi connectivity index (χ0n) is 11.8. The number of alkyl halides is 3. The van der Waals surface area contributed by atoms with E-state index in [0.29, 0.717) is 19.0 Å². The molecule has 0 aromatic heterocycles. The van der Waals surface area contributed by atoms with Crippen molar-refractivity contribution in [2.75, 3.05) is 26.2 Å². The van der Waals surface area contributed by atoms with Crippen LogP contribution in [0.15, 0.2) is 0 Å². The van der Waals surface area contributed by atoms with Gasteiger partial charge < -0.3 is 10.2 Å². The molecule has 1 fully saturated rings. The highest BCUT2D eigenvalue weighted by Crippen LogP contribution is 2.34. The Labute approximate surface area is 112 Å². The van der Waals surface area contributed by atoms with Crippen LogP contribution in [-0.2, 0) is 4.79 Å². The van der Waals surface area contributed by atoms with E-state index in [-0.39, 0.29) is 17.9 Å². The van der Waals surface area contributed by atoms with E-state index >= 15 is 0 Å². The number of halogens is 3. The van der Waals surface area contributed by atoms with Crippen molar-refractivity contribution in [1.82, 2.24) is 10.2 Å². The summed E-state index contributed by atoms with van der Waals surface area (Å²) in [5.41, 5.74) is 0.226. The fourth-order valence-corrected chi connectivity index (χ4v) is 2.42. The van der Waals surface area contributed by atoms with E-state index in [0.717, 1.165) is 12.8 Å². The average Bonchev–Trinajstić information content (AvgIpc) is 2.26. The smallest absolute Gasteiger partial charge is 0.342 e. The average molecular weight is 280 g/mol. The van der Waals surface area contributed by atoms with Crippen LogP contribution in [0.25, 0.3) is 0 Å². The Morgan fingerprint density at radius 2 is 1.74 bits per heavy atom. The number of carbonyl (C=O) groups is 1. The normalized spacial score (nSPS) is 18.7. The Bertz CT molecular complexity index is 302. The van der Waals surface area contributed by atoms with Crippen molar-refractivity contribution in [1.29, 1.82) is 0 Å². The molecule has 0 radical (unpaired) electrons. The summed E-state index contributed by atoms with van der Waals surface area (Å²) >= 11 is 0. The quantitative estimate of drug-likeness (QED) is 0.861. The van der Waals surface area contributed by atoms with Gasteiger partial charge in [0.1, 0.15) is 0 Å². The molecule has 1 aliphatic heterocycles. The van der Waals surface area contributed by atoms with Crippen LogP contribution in [0.3, 0.4) is 0 Å². The molecule has 1 saturated heterocycles. The lowest BCUT2D eigenvalue weighted by atomic mass is 9.75. The summed E-state index contributed by atoms with van der Waals surface area (Å²) in [5.74, 6) is 0.330. The lowest BCUT2D eigenvalue weighted by Gasteiger charge is -2.38. The van der Waals surface area contributed by atoms with Gasteiger partial charge in [0.15, 0.2) is 0 Å². The molecule has 1 aliphatic rings. The lowest BCUT2D eigenvalue weighted by molar-refractivity contribution is -0.135. The topological polar surface area (TPSA) is 32.3 Å². The first kappa shape index (κ1) is 16.3. The molecule has 1 heterocycles. The number of piperidine rings is 1. The summed E-state index contributed by atoms with van der Waals surface area (Å²) in [6.45, 7) is 6.49. The Morgan fingerprint density at radius 3 is 2.16 bits per heavy atom. The van der Waals surface area contributed by atoms with Gasteiger partial charge in [-0.2, -0.15) is 13.2 Å². The van der Waals surface area contributed by atoms with E-state index in [4.69, 9.17) is 0 Å². The highest BCUT2D eigenvalue weighted by Gasteiger charge is 2.31.